The van der Waals surface area contributed by atoms with Gasteiger partial charge in [0.2, 0.25) is 0 Å². The van der Waals surface area contributed by atoms with Crippen LogP contribution in [0.2, 0.25) is 5.02 Å². The van der Waals surface area contributed by atoms with Crippen LogP contribution in [0.25, 0.3) is 11.3 Å². The van der Waals surface area contributed by atoms with Gasteiger partial charge in [-0.2, -0.15) is 0 Å². The highest BCUT2D eigenvalue weighted by atomic mass is 35.5. The first-order valence-electron chi connectivity index (χ1n) is 9.21. The maximum atomic E-state index is 10.9. The minimum absolute atomic E-state index is 0.0718. The van der Waals surface area contributed by atoms with Gasteiger partial charge >= 0.3 is 0 Å². The van der Waals surface area contributed by atoms with E-state index in [9.17, 15) is 5.11 Å². The summed E-state index contributed by atoms with van der Waals surface area (Å²) < 4.78 is 5.50. The molecule has 2 aromatic rings. The van der Waals surface area contributed by atoms with E-state index in [0.717, 1.165) is 30.5 Å². The lowest BCUT2D eigenvalue weighted by Crippen LogP contribution is -2.64. The molecule has 1 heterocycles. The second-order valence-electron chi connectivity index (χ2n) is 8.48. The van der Waals surface area contributed by atoms with E-state index >= 15 is 0 Å². The molecule has 4 nitrogen and oxygen atoms in total. The Balaban J connectivity index is 1.32. The Morgan fingerprint density at radius 2 is 1.96 bits per heavy atom. The molecule has 2 atom stereocenters. The summed E-state index contributed by atoms with van der Waals surface area (Å²) in [4.78, 5) is 0. The van der Waals surface area contributed by atoms with E-state index in [4.69, 9.17) is 16.1 Å². The molecule has 4 fully saturated rings. The SMILES string of the molecule is OC12CC3CC(C1)CC(NCc1cc(-c4ccccc4Cl)on1)(C3)C2. The number of hydrogen-bond donors (Lipinski definition) is 2. The van der Waals surface area contributed by atoms with Gasteiger partial charge in [-0.3, -0.25) is 0 Å². The van der Waals surface area contributed by atoms with Gasteiger partial charge in [-0.05, 0) is 62.5 Å². The molecule has 0 radical (unpaired) electrons. The highest BCUT2D eigenvalue weighted by Crippen LogP contribution is 2.57. The monoisotopic (exact) mass is 358 g/mol. The molecule has 4 saturated carbocycles. The maximum absolute atomic E-state index is 10.9. The van der Waals surface area contributed by atoms with E-state index in [0.29, 0.717) is 29.2 Å². The van der Waals surface area contributed by atoms with E-state index in [1.54, 1.807) is 0 Å². The fourth-order valence-electron chi connectivity index (χ4n) is 5.88. The molecule has 0 spiro atoms. The van der Waals surface area contributed by atoms with Gasteiger partial charge in [0.1, 0.15) is 0 Å². The number of nitrogens with one attached hydrogen (secondary N) is 1. The Labute approximate surface area is 152 Å². The topological polar surface area (TPSA) is 58.3 Å². The molecule has 0 amide bonds. The van der Waals surface area contributed by atoms with Crippen LogP contribution in [0.3, 0.4) is 0 Å². The molecule has 132 valence electrons. The van der Waals surface area contributed by atoms with Crippen molar-refractivity contribution in [2.45, 2.75) is 56.2 Å². The van der Waals surface area contributed by atoms with Crippen LogP contribution in [0.1, 0.15) is 44.2 Å². The zero-order valence-corrected chi connectivity index (χ0v) is 14.9. The highest BCUT2D eigenvalue weighted by molar-refractivity contribution is 6.33. The van der Waals surface area contributed by atoms with Crippen LogP contribution in [0.4, 0.5) is 0 Å². The zero-order valence-electron chi connectivity index (χ0n) is 14.2. The fraction of sp³-hybridized carbons (Fsp3) is 0.550. The number of rotatable bonds is 4. The molecule has 25 heavy (non-hydrogen) atoms. The minimum atomic E-state index is -0.441. The van der Waals surface area contributed by atoms with Crippen LogP contribution < -0.4 is 5.32 Å². The Morgan fingerprint density at radius 3 is 2.68 bits per heavy atom. The molecule has 6 rings (SSSR count). The van der Waals surface area contributed by atoms with Gasteiger partial charge in [0, 0.05) is 23.7 Å². The van der Waals surface area contributed by atoms with E-state index in [-0.39, 0.29) is 5.54 Å². The van der Waals surface area contributed by atoms with Crippen LogP contribution in [0.15, 0.2) is 34.9 Å². The molecular formula is C20H23ClN2O2. The first-order chi connectivity index (χ1) is 12.0. The molecule has 0 saturated heterocycles. The molecule has 0 aliphatic heterocycles. The van der Waals surface area contributed by atoms with Crippen LogP contribution in [-0.2, 0) is 6.54 Å². The van der Waals surface area contributed by atoms with E-state index in [2.05, 4.69) is 10.5 Å². The predicted molar refractivity (Wildman–Crippen MR) is 96.2 cm³/mol. The Morgan fingerprint density at radius 1 is 1.20 bits per heavy atom. The Hall–Kier alpha value is -1.36. The molecular weight excluding hydrogens is 336 g/mol. The van der Waals surface area contributed by atoms with Crippen molar-refractivity contribution in [2.75, 3.05) is 0 Å². The van der Waals surface area contributed by atoms with Gasteiger partial charge in [-0.1, -0.05) is 28.9 Å². The summed E-state index contributed by atoms with van der Waals surface area (Å²) in [6.45, 7) is 0.670. The lowest BCUT2D eigenvalue weighted by atomic mass is 9.51. The number of nitrogens with zero attached hydrogens (tertiary/aromatic N) is 1. The quantitative estimate of drug-likeness (QED) is 0.861. The van der Waals surface area contributed by atoms with Gasteiger partial charge < -0.3 is 14.9 Å². The normalized spacial score (nSPS) is 36.1. The van der Waals surface area contributed by atoms with Crippen molar-refractivity contribution >= 4 is 11.6 Å². The van der Waals surface area contributed by atoms with Gasteiger partial charge in [-0.15, -0.1) is 0 Å². The summed E-state index contributed by atoms with van der Waals surface area (Å²) in [6, 6.07) is 9.60. The van der Waals surface area contributed by atoms with Crippen molar-refractivity contribution in [2.24, 2.45) is 11.8 Å². The summed E-state index contributed by atoms with van der Waals surface area (Å²) in [7, 11) is 0. The van der Waals surface area contributed by atoms with E-state index in [1.807, 2.05) is 30.3 Å². The van der Waals surface area contributed by atoms with Gasteiger partial charge in [-0.25, -0.2) is 0 Å². The summed E-state index contributed by atoms with van der Waals surface area (Å²) in [5.74, 6) is 2.05. The molecule has 2 unspecified atom stereocenters. The number of benzene rings is 1. The van der Waals surface area contributed by atoms with Crippen molar-refractivity contribution in [3.05, 3.63) is 41.0 Å². The fourth-order valence-corrected chi connectivity index (χ4v) is 6.11. The van der Waals surface area contributed by atoms with E-state index < -0.39 is 5.60 Å². The minimum Gasteiger partial charge on any atom is -0.390 e. The molecule has 4 aliphatic carbocycles. The van der Waals surface area contributed by atoms with Gasteiger partial charge in [0.25, 0.3) is 0 Å². The highest BCUT2D eigenvalue weighted by Gasteiger charge is 2.56. The van der Waals surface area contributed by atoms with Crippen molar-refractivity contribution < 1.29 is 9.63 Å². The molecule has 2 N–H and O–H groups in total. The lowest BCUT2D eigenvalue weighted by molar-refractivity contribution is -0.142. The third-order valence-corrected chi connectivity index (χ3v) is 6.70. The predicted octanol–water partition coefficient (Wildman–Crippen LogP) is 4.17. The molecule has 1 aromatic heterocycles. The molecule has 1 aromatic carbocycles. The molecule has 4 bridgehead atoms. The summed E-state index contributed by atoms with van der Waals surface area (Å²) in [5.41, 5.74) is 1.39. The maximum Gasteiger partial charge on any atom is 0.168 e. The van der Waals surface area contributed by atoms with Crippen molar-refractivity contribution in [1.29, 1.82) is 0 Å². The van der Waals surface area contributed by atoms with Gasteiger partial charge in [0.05, 0.1) is 16.3 Å². The van der Waals surface area contributed by atoms with Crippen LogP contribution in [0.5, 0.6) is 0 Å². The summed E-state index contributed by atoms with van der Waals surface area (Å²) in [6.07, 6.45) is 6.53. The van der Waals surface area contributed by atoms with E-state index in [1.165, 1.54) is 19.3 Å². The van der Waals surface area contributed by atoms with Crippen molar-refractivity contribution in [1.82, 2.24) is 10.5 Å². The second kappa shape index (κ2) is 5.57. The Bertz CT molecular complexity index is 788. The average Bonchev–Trinajstić information content (AvgIpc) is 3.00. The molecule has 4 aliphatic rings. The average molecular weight is 359 g/mol. The van der Waals surface area contributed by atoms with Crippen molar-refractivity contribution in [3.8, 4) is 11.3 Å². The number of halogens is 1. The summed E-state index contributed by atoms with van der Waals surface area (Å²) >= 11 is 6.24. The molecule has 5 heteroatoms. The first-order valence-corrected chi connectivity index (χ1v) is 9.58. The van der Waals surface area contributed by atoms with Crippen LogP contribution in [0, 0.1) is 11.8 Å². The third kappa shape index (κ3) is 2.80. The number of aliphatic hydroxyl groups is 1. The lowest BCUT2D eigenvalue weighted by Gasteiger charge is -2.60. The second-order valence-corrected chi connectivity index (χ2v) is 8.89. The van der Waals surface area contributed by atoms with Crippen LogP contribution in [-0.4, -0.2) is 21.4 Å². The smallest absolute Gasteiger partial charge is 0.168 e. The first kappa shape index (κ1) is 15.9. The third-order valence-electron chi connectivity index (χ3n) is 6.37. The largest absolute Gasteiger partial charge is 0.390 e. The van der Waals surface area contributed by atoms with Gasteiger partial charge in [0.15, 0.2) is 5.76 Å². The summed E-state index contributed by atoms with van der Waals surface area (Å²) in [5, 5.41) is 19.5. The van der Waals surface area contributed by atoms with Crippen molar-refractivity contribution in [3.63, 3.8) is 0 Å². The zero-order chi connectivity index (χ0) is 17.1. The van der Waals surface area contributed by atoms with Crippen LogP contribution >= 0.6 is 11.6 Å². The number of aromatic nitrogens is 1. The number of hydrogen-bond acceptors (Lipinski definition) is 4. The Kier molecular flexibility index (Phi) is 3.53. The standard InChI is InChI=1S/C20H23ClN2O2/c21-17-4-2-1-3-16(17)18-6-15(23-25-18)11-22-19-7-13-5-14(8-19)10-20(24,9-13)12-19/h1-4,6,13-14,22,24H,5,7-12H2.